The first-order chi connectivity index (χ1) is 10.0. The first kappa shape index (κ1) is 14.2. The van der Waals surface area contributed by atoms with Gasteiger partial charge < -0.3 is 14.6 Å². The average molecular weight is 294 g/mol. The van der Waals surface area contributed by atoms with Crippen LogP contribution in [-0.2, 0) is 10.2 Å². The number of alkyl halides is 1. The number of benzene rings is 1. The Labute approximate surface area is 122 Å². The van der Waals surface area contributed by atoms with E-state index in [0.29, 0.717) is 30.3 Å². The van der Waals surface area contributed by atoms with Crippen molar-refractivity contribution < 1.29 is 23.8 Å². The van der Waals surface area contributed by atoms with Gasteiger partial charge >= 0.3 is 5.97 Å². The van der Waals surface area contributed by atoms with Gasteiger partial charge in [-0.1, -0.05) is 0 Å². The smallest absolute Gasteiger partial charge is 0.304 e. The molecule has 1 saturated carbocycles. The molecule has 5 heteroatoms. The van der Waals surface area contributed by atoms with Crippen molar-refractivity contribution in [3.63, 3.8) is 0 Å². The molecule has 1 atom stereocenters. The van der Waals surface area contributed by atoms with Gasteiger partial charge in [-0.25, -0.2) is 4.39 Å². The summed E-state index contributed by atoms with van der Waals surface area (Å²) in [6, 6.07) is 3.48. The van der Waals surface area contributed by atoms with Gasteiger partial charge in [0.2, 0.25) is 0 Å². The van der Waals surface area contributed by atoms with Crippen molar-refractivity contribution >= 4 is 5.97 Å². The van der Waals surface area contributed by atoms with Crippen LogP contribution >= 0.6 is 0 Å². The zero-order valence-electron chi connectivity index (χ0n) is 12.0. The first-order valence-electron chi connectivity index (χ1n) is 7.32. The van der Waals surface area contributed by atoms with Crippen LogP contribution in [0.4, 0.5) is 4.39 Å². The van der Waals surface area contributed by atoms with Crippen molar-refractivity contribution in [3.8, 4) is 11.5 Å². The van der Waals surface area contributed by atoms with Crippen LogP contribution in [0, 0.1) is 0 Å². The third-order valence-corrected chi connectivity index (χ3v) is 4.26. The number of hydrogen-bond donors (Lipinski definition) is 1. The molecule has 1 aliphatic carbocycles. The molecule has 0 spiro atoms. The Bertz CT molecular complexity index is 564. The Morgan fingerprint density at radius 2 is 1.95 bits per heavy atom. The highest BCUT2D eigenvalue weighted by molar-refractivity contribution is 5.71. The first-order valence-corrected chi connectivity index (χ1v) is 7.32. The van der Waals surface area contributed by atoms with Gasteiger partial charge in [0.1, 0.15) is 6.17 Å². The van der Waals surface area contributed by atoms with E-state index in [9.17, 15) is 9.18 Å². The molecule has 1 aromatic carbocycles. The average Bonchev–Trinajstić information content (AvgIpc) is 3.20. The van der Waals surface area contributed by atoms with E-state index in [1.165, 1.54) is 6.92 Å². The maximum Gasteiger partial charge on any atom is 0.304 e. The second-order valence-corrected chi connectivity index (χ2v) is 5.90. The molecule has 1 N–H and O–H groups in total. The van der Waals surface area contributed by atoms with Crippen molar-refractivity contribution in [3.05, 3.63) is 23.3 Å². The summed E-state index contributed by atoms with van der Waals surface area (Å²) in [5, 5.41) is 9.11. The highest BCUT2D eigenvalue weighted by Crippen LogP contribution is 2.55. The van der Waals surface area contributed by atoms with Crippen LogP contribution in [-0.4, -0.2) is 24.3 Å². The molecule has 0 saturated heterocycles. The van der Waals surface area contributed by atoms with Crippen molar-refractivity contribution in [1.82, 2.24) is 0 Å². The zero-order valence-corrected chi connectivity index (χ0v) is 12.0. The molecule has 0 amide bonds. The predicted octanol–water partition coefficient (Wildman–Crippen LogP) is 3.38. The molecular weight excluding hydrogens is 275 g/mol. The number of ether oxygens (including phenoxy) is 2. The van der Waals surface area contributed by atoms with E-state index in [4.69, 9.17) is 14.6 Å². The topological polar surface area (TPSA) is 55.8 Å². The highest BCUT2D eigenvalue weighted by Gasteiger charge is 2.48. The van der Waals surface area contributed by atoms with Crippen LogP contribution in [0.5, 0.6) is 11.5 Å². The Morgan fingerprint density at radius 3 is 2.48 bits per heavy atom. The van der Waals surface area contributed by atoms with Crippen LogP contribution in [0.15, 0.2) is 12.1 Å². The van der Waals surface area contributed by atoms with E-state index in [-0.39, 0.29) is 6.42 Å². The second-order valence-electron chi connectivity index (χ2n) is 5.90. The minimum atomic E-state index is -1.16. The fourth-order valence-corrected chi connectivity index (χ4v) is 2.99. The monoisotopic (exact) mass is 294 g/mol. The minimum absolute atomic E-state index is 0.0341. The standard InChI is InChI=1S/C16H19FO4/c1-10(17)11-7-13-14(21-6-2-5-20-13)8-12(11)16(3-4-16)9-15(18)19/h7-8,10H,2-6,9H2,1H3,(H,18,19). The van der Waals surface area contributed by atoms with Crippen molar-refractivity contribution in [1.29, 1.82) is 0 Å². The highest BCUT2D eigenvalue weighted by atomic mass is 19.1. The predicted molar refractivity (Wildman–Crippen MR) is 74.7 cm³/mol. The van der Waals surface area contributed by atoms with Gasteiger partial charge in [-0.2, -0.15) is 0 Å². The molecule has 0 aromatic heterocycles. The number of aliphatic carboxylic acids is 1. The summed E-state index contributed by atoms with van der Waals surface area (Å²) < 4.78 is 25.3. The molecular formula is C16H19FO4. The van der Waals surface area contributed by atoms with E-state index in [1.54, 1.807) is 12.1 Å². The van der Waals surface area contributed by atoms with Crippen molar-refractivity contribution in [2.45, 2.75) is 44.2 Å². The van der Waals surface area contributed by atoms with Gasteiger partial charge in [0.15, 0.2) is 11.5 Å². The van der Waals surface area contributed by atoms with Gasteiger partial charge in [-0.15, -0.1) is 0 Å². The molecule has 0 radical (unpaired) electrons. The lowest BCUT2D eigenvalue weighted by atomic mass is 9.86. The molecule has 1 unspecified atom stereocenters. The van der Waals surface area contributed by atoms with Gasteiger partial charge in [0.25, 0.3) is 0 Å². The maximum absolute atomic E-state index is 14.0. The van der Waals surface area contributed by atoms with Gasteiger partial charge in [-0.3, -0.25) is 4.79 Å². The Hall–Kier alpha value is -1.78. The molecule has 1 fully saturated rings. The summed E-state index contributed by atoms with van der Waals surface area (Å²) in [5.41, 5.74) is 0.855. The molecule has 1 aliphatic heterocycles. The largest absolute Gasteiger partial charge is 0.490 e. The van der Waals surface area contributed by atoms with E-state index >= 15 is 0 Å². The molecule has 114 valence electrons. The Kier molecular flexibility index (Phi) is 3.51. The molecule has 0 bridgehead atoms. The summed E-state index contributed by atoms with van der Waals surface area (Å²) in [7, 11) is 0. The fraction of sp³-hybridized carbons (Fsp3) is 0.562. The maximum atomic E-state index is 14.0. The van der Waals surface area contributed by atoms with Crippen LogP contribution < -0.4 is 9.47 Å². The van der Waals surface area contributed by atoms with Crippen LogP contribution in [0.3, 0.4) is 0 Å². The second kappa shape index (κ2) is 5.20. The molecule has 4 nitrogen and oxygen atoms in total. The minimum Gasteiger partial charge on any atom is -0.490 e. The number of hydrogen-bond acceptors (Lipinski definition) is 3. The quantitative estimate of drug-likeness (QED) is 0.925. The van der Waals surface area contributed by atoms with Crippen molar-refractivity contribution in [2.24, 2.45) is 0 Å². The van der Waals surface area contributed by atoms with E-state index < -0.39 is 17.6 Å². The van der Waals surface area contributed by atoms with E-state index in [1.807, 2.05) is 0 Å². The number of rotatable bonds is 4. The number of halogens is 1. The van der Waals surface area contributed by atoms with Crippen LogP contribution in [0.25, 0.3) is 0 Å². The third kappa shape index (κ3) is 2.69. The SMILES string of the molecule is CC(F)c1cc2c(cc1C1(CC(=O)O)CC1)OCCCO2. The summed E-state index contributed by atoms with van der Waals surface area (Å²) in [4.78, 5) is 11.1. The lowest BCUT2D eigenvalue weighted by Gasteiger charge is -2.21. The van der Waals surface area contributed by atoms with Gasteiger partial charge in [0, 0.05) is 11.8 Å². The molecule has 21 heavy (non-hydrogen) atoms. The van der Waals surface area contributed by atoms with Crippen LogP contribution in [0.1, 0.15) is 49.9 Å². The number of fused-ring (bicyclic) bond motifs is 1. The Balaban J connectivity index is 2.06. The van der Waals surface area contributed by atoms with E-state index in [0.717, 1.165) is 24.8 Å². The summed E-state index contributed by atoms with van der Waals surface area (Å²) in [5.74, 6) is 0.308. The summed E-state index contributed by atoms with van der Waals surface area (Å²) in [6.45, 7) is 2.58. The van der Waals surface area contributed by atoms with Crippen LogP contribution in [0.2, 0.25) is 0 Å². The molecule has 1 heterocycles. The number of carboxylic acids is 1. The van der Waals surface area contributed by atoms with Gasteiger partial charge in [-0.05, 0) is 43.0 Å². The van der Waals surface area contributed by atoms with Crippen molar-refractivity contribution in [2.75, 3.05) is 13.2 Å². The lowest BCUT2D eigenvalue weighted by Crippen LogP contribution is -2.16. The Morgan fingerprint density at radius 1 is 1.33 bits per heavy atom. The molecule has 3 rings (SSSR count). The third-order valence-electron chi connectivity index (χ3n) is 4.26. The zero-order chi connectivity index (χ0) is 15.0. The van der Waals surface area contributed by atoms with Gasteiger partial charge in [0.05, 0.1) is 19.6 Å². The molecule has 2 aliphatic rings. The summed E-state index contributed by atoms with van der Waals surface area (Å²) >= 11 is 0. The number of carbonyl (C=O) groups is 1. The van der Waals surface area contributed by atoms with E-state index in [2.05, 4.69) is 0 Å². The number of carboxylic acid groups (broad SMARTS) is 1. The fourth-order valence-electron chi connectivity index (χ4n) is 2.99. The summed E-state index contributed by atoms with van der Waals surface area (Å²) in [6.07, 6.45) is 1.21. The lowest BCUT2D eigenvalue weighted by molar-refractivity contribution is -0.137. The normalized spacial score (nSPS) is 20.5. The molecule has 1 aromatic rings.